The van der Waals surface area contributed by atoms with Gasteiger partial charge in [0.15, 0.2) is 0 Å². The van der Waals surface area contributed by atoms with Gasteiger partial charge in [0.2, 0.25) is 0 Å². The Morgan fingerprint density at radius 2 is 2.35 bits per heavy atom. The number of carbonyl (C=O) groups is 1. The van der Waals surface area contributed by atoms with Crippen LogP contribution in [0.15, 0.2) is 30.9 Å². The molecule has 0 amide bonds. The largest absolute Gasteiger partial charge is 0.508 e. The molecule has 2 rings (SSSR count). The number of aryl methyl sites for hydroxylation is 1. The predicted molar refractivity (Wildman–Crippen MR) is 65.2 cm³/mol. The Kier molecular flexibility index (Phi) is 2.87. The van der Waals surface area contributed by atoms with E-state index in [9.17, 15) is 9.90 Å². The van der Waals surface area contributed by atoms with E-state index in [2.05, 4.69) is 11.6 Å². The molecule has 17 heavy (non-hydrogen) atoms. The minimum atomic E-state index is -0.417. The van der Waals surface area contributed by atoms with Crippen molar-refractivity contribution in [1.29, 1.82) is 0 Å². The Labute approximate surface area is 98.5 Å². The lowest BCUT2D eigenvalue weighted by atomic mass is 10.1. The van der Waals surface area contributed by atoms with E-state index in [0.717, 1.165) is 11.2 Å². The number of phenols is 1. The van der Waals surface area contributed by atoms with Crippen LogP contribution in [-0.4, -0.2) is 22.7 Å². The second-order valence-electron chi connectivity index (χ2n) is 3.74. The highest BCUT2D eigenvalue weighted by molar-refractivity contribution is 6.05. The molecule has 0 aliphatic carbocycles. The number of phenolic OH excluding ortho intramolecular Hbond substituents is 1. The second-order valence-corrected chi connectivity index (χ2v) is 3.74. The van der Waals surface area contributed by atoms with Gasteiger partial charge in [0.05, 0.1) is 5.56 Å². The maximum Gasteiger partial charge on any atom is 0.340 e. The maximum atomic E-state index is 11.8. The van der Waals surface area contributed by atoms with Crippen LogP contribution in [-0.2, 0) is 4.74 Å². The minimum absolute atomic E-state index is 0.120. The number of ether oxygens (including phenoxy) is 1. The Hall–Kier alpha value is -2.23. The van der Waals surface area contributed by atoms with E-state index in [-0.39, 0.29) is 12.4 Å². The summed E-state index contributed by atoms with van der Waals surface area (Å²) in [4.78, 5) is 14.9. The van der Waals surface area contributed by atoms with Crippen LogP contribution in [0.2, 0.25) is 0 Å². The molecule has 0 unspecified atom stereocenters. The van der Waals surface area contributed by atoms with Crippen LogP contribution >= 0.6 is 0 Å². The van der Waals surface area contributed by atoms with Crippen LogP contribution < -0.4 is 0 Å². The zero-order valence-corrected chi connectivity index (χ0v) is 9.49. The maximum absolute atomic E-state index is 11.8. The summed E-state index contributed by atoms with van der Waals surface area (Å²) in [5.74, 6) is -0.298. The number of benzene rings is 1. The summed E-state index contributed by atoms with van der Waals surface area (Å²) in [6.07, 6.45) is 1.51. The standard InChI is InChI=1S/C13H13NO3/c1-3-6-17-13(16)12-8(2)14-11-5-4-9(15)7-10(11)12/h3-5,7,14-15H,1,6H2,2H3. The van der Waals surface area contributed by atoms with Gasteiger partial charge in [0, 0.05) is 16.6 Å². The van der Waals surface area contributed by atoms with Gasteiger partial charge in [-0.15, -0.1) is 0 Å². The molecule has 0 spiro atoms. The molecule has 0 bridgehead atoms. The van der Waals surface area contributed by atoms with Crippen LogP contribution in [0.3, 0.4) is 0 Å². The van der Waals surface area contributed by atoms with Gasteiger partial charge in [-0.3, -0.25) is 0 Å². The molecule has 1 heterocycles. The van der Waals surface area contributed by atoms with Gasteiger partial charge in [0.1, 0.15) is 12.4 Å². The van der Waals surface area contributed by atoms with Gasteiger partial charge in [-0.1, -0.05) is 12.7 Å². The number of carbonyl (C=O) groups excluding carboxylic acids is 1. The highest BCUT2D eigenvalue weighted by Gasteiger charge is 2.17. The van der Waals surface area contributed by atoms with Crippen molar-refractivity contribution in [2.45, 2.75) is 6.92 Å². The Balaban J connectivity index is 2.51. The van der Waals surface area contributed by atoms with Crippen LogP contribution in [0.5, 0.6) is 5.75 Å². The molecule has 0 aliphatic heterocycles. The third kappa shape index (κ3) is 2.01. The van der Waals surface area contributed by atoms with E-state index in [1.54, 1.807) is 25.1 Å². The smallest absolute Gasteiger partial charge is 0.340 e. The first-order chi connectivity index (χ1) is 8.13. The molecule has 0 saturated heterocycles. The summed E-state index contributed by atoms with van der Waals surface area (Å²) in [5, 5.41) is 10.1. The zero-order chi connectivity index (χ0) is 12.4. The number of hydrogen-bond acceptors (Lipinski definition) is 3. The molecular weight excluding hydrogens is 218 g/mol. The topological polar surface area (TPSA) is 62.3 Å². The van der Waals surface area contributed by atoms with Crippen molar-refractivity contribution in [3.8, 4) is 5.75 Å². The van der Waals surface area contributed by atoms with Crippen molar-refractivity contribution >= 4 is 16.9 Å². The van der Waals surface area contributed by atoms with E-state index in [4.69, 9.17) is 4.74 Å². The monoisotopic (exact) mass is 231 g/mol. The molecule has 1 aromatic carbocycles. The summed E-state index contributed by atoms with van der Waals surface area (Å²) >= 11 is 0. The molecule has 1 aromatic heterocycles. The van der Waals surface area contributed by atoms with Crippen molar-refractivity contribution in [1.82, 2.24) is 4.98 Å². The van der Waals surface area contributed by atoms with E-state index < -0.39 is 5.97 Å². The molecule has 4 nitrogen and oxygen atoms in total. The lowest BCUT2D eigenvalue weighted by molar-refractivity contribution is 0.0551. The fourth-order valence-corrected chi connectivity index (χ4v) is 1.78. The average Bonchev–Trinajstić information content (AvgIpc) is 2.61. The van der Waals surface area contributed by atoms with E-state index in [1.165, 1.54) is 6.08 Å². The number of aromatic nitrogens is 1. The number of H-pyrrole nitrogens is 1. The lowest BCUT2D eigenvalue weighted by Gasteiger charge is -2.01. The summed E-state index contributed by atoms with van der Waals surface area (Å²) in [5.41, 5.74) is 1.98. The normalized spacial score (nSPS) is 10.4. The fraction of sp³-hybridized carbons (Fsp3) is 0.154. The summed E-state index contributed by atoms with van der Waals surface area (Å²) < 4.78 is 5.01. The molecule has 0 atom stereocenters. The van der Waals surface area contributed by atoms with Crippen LogP contribution in [0.1, 0.15) is 16.1 Å². The first kappa shape index (κ1) is 11.3. The summed E-state index contributed by atoms with van der Waals surface area (Å²) in [6, 6.07) is 4.84. The van der Waals surface area contributed by atoms with Gasteiger partial charge in [-0.2, -0.15) is 0 Å². The number of esters is 1. The number of rotatable bonds is 3. The summed E-state index contributed by atoms with van der Waals surface area (Å²) in [7, 11) is 0. The Morgan fingerprint density at radius 3 is 3.06 bits per heavy atom. The Morgan fingerprint density at radius 1 is 1.59 bits per heavy atom. The number of hydrogen-bond donors (Lipinski definition) is 2. The van der Waals surface area contributed by atoms with Gasteiger partial charge < -0.3 is 14.8 Å². The van der Waals surface area contributed by atoms with E-state index >= 15 is 0 Å². The number of fused-ring (bicyclic) bond motifs is 1. The first-order valence-corrected chi connectivity index (χ1v) is 5.23. The van der Waals surface area contributed by atoms with E-state index in [0.29, 0.717) is 10.9 Å². The molecular formula is C13H13NO3. The molecule has 4 heteroatoms. The van der Waals surface area contributed by atoms with Gasteiger partial charge in [0.25, 0.3) is 0 Å². The van der Waals surface area contributed by atoms with Crippen molar-refractivity contribution in [2.75, 3.05) is 6.61 Å². The fourth-order valence-electron chi connectivity index (χ4n) is 1.78. The summed E-state index contributed by atoms with van der Waals surface area (Å²) in [6.45, 7) is 5.45. The lowest BCUT2D eigenvalue weighted by Crippen LogP contribution is -2.05. The Bertz CT molecular complexity index is 584. The molecule has 0 aliphatic rings. The quantitative estimate of drug-likeness (QED) is 0.630. The van der Waals surface area contributed by atoms with Crippen molar-refractivity contribution in [2.24, 2.45) is 0 Å². The molecule has 88 valence electrons. The number of aromatic amines is 1. The SMILES string of the molecule is C=CCOC(=O)c1c(C)[nH]c2ccc(O)cc12. The third-order valence-electron chi connectivity index (χ3n) is 2.51. The zero-order valence-electron chi connectivity index (χ0n) is 9.49. The van der Waals surface area contributed by atoms with Crippen molar-refractivity contribution in [3.05, 3.63) is 42.1 Å². The second kappa shape index (κ2) is 4.33. The van der Waals surface area contributed by atoms with Gasteiger partial charge in [-0.05, 0) is 25.1 Å². The van der Waals surface area contributed by atoms with Crippen molar-refractivity contribution < 1.29 is 14.6 Å². The molecule has 0 fully saturated rings. The molecule has 0 saturated carbocycles. The minimum Gasteiger partial charge on any atom is -0.508 e. The molecule has 0 radical (unpaired) electrons. The number of aromatic hydroxyl groups is 1. The highest BCUT2D eigenvalue weighted by atomic mass is 16.5. The molecule has 2 aromatic rings. The van der Waals surface area contributed by atoms with Crippen LogP contribution in [0.25, 0.3) is 10.9 Å². The molecule has 2 N–H and O–H groups in total. The van der Waals surface area contributed by atoms with Gasteiger partial charge >= 0.3 is 5.97 Å². The number of nitrogens with one attached hydrogen (secondary N) is 1. The predicted octanol–water partition coefficient (Wildman–Crippen LogP) is 2.52. The first-order valence-electron chi connectivity index (χ1n) is 5.23. The van der Waals surface area contributed by atoms with Gasteiger partial charge in [-0.25, -0.2) is 4.79 Å². The average molecular weight is 231 g/mol. The van der Waals surface area contributed by atoms with E-state index in [1.807, 2.05) is 0 Å². The van der Waals surface area contributed by atoms with Crippen LogP contribution in [0, 0.1) is 6.92 Å². The van der Waals surface area contributed by atoms with Crippen LogP contribution in [0.4, 0.5) is 0 Å². The van der Waals surface area contributed by atoms with Crippen molar-refractivity contribution in [3.63, 3.8) is 0 Å². The highest BCUT2D eigenvalue weighted by Crippen LogP contribution is 2.26. The third-order valence-corrected chi connectivity index (χ3v) is 2.51.